The van der Waals surface area contributed by atoms with E-state index in [1.165, 1.54) is 0 Å². The van der Waals surface area contributed by atoms with Crippen LogP contribution in [0.5, 0.6) is 5.75 Å². The van der Waals surface area contributed by atoms with E-state index in [1.54, 1.807) is 27.0 Å². The zero-order valence-electron chi connectivity index (χ0n) is 11.8. The summed E-state index contributed by atoms with van der Waals surface area (Å²) in [6.07, 6.45) is 0. The van der Waals surface area contributed by atoms with Crippen LogP contribution in [0.15, 0.2) is 24.3 Å². The Kier molecular flexibility index (Phi) is 3.67. The number of hydrogen-bond acceptors (Lipinski definition) is 4. The van der Waals surface area contributed by atoms with Gasteiger partial charge in [-0.3, -0.25) is 9.69 Å². The molecule has 3 amide bonds. The lowest BCUT2D eigenvalue weighted by atomic mass is 10.0. The summed E-state index contributed by atoms with van der Waals surface area (Å²) in [4.78, 5) is 25.1. The smallest absolute Gasteiger partial charge is 0.325 e. The van der Waals surface area contributed by atoms with E-state index in [9.17, 15) is 9.59 Å². The van der Waals surface area contributed by atoms with E-state index >= 15 is 0 Å². The van der Waals surface area contributed by atoms with Crippen molar-refractivity contribution in [3.8, 4) is 5.75 Å². The normalized spacial score (nSPS) is 18.9. The summed E-state index contributed by atoms with van der Waals surface area (Å²) in [5.41, 5.74) is 6.00. The third kappa shape index (κ3) is 2.46. The second-order valence-corrected chi connectivity index (χ2v) is 5.32. The Bertz CT molecular complexity index is 542. The van der Waals surface area contributed by atoms with Crippen molar-refractivity contribution in [3.63, 3.8) is 0 Å². The minimum Gasteiger partial charge on any atom is -0.496 e. The summed E-state index contributed by atoms with van der Waals surface area (Å²) in [6.45, 7) is 3.46. The number of carbonyl (C=O) groups is 2. The first kappa shape index (κ1) is 14.3. The second kappa shape index (κ2) is 5.13. The number of nitrogens with zero attached hydrogens (tertiary/aromatic N) is 1. The van der Waals surface area contributed by atoms with Crippen LogP contribution >= 0.6 is 0 Å². The van der Waals surface area contributed by atoms with E-state index in [-0.39, 0.29) is 12.5 Å². The van der Waals surface area contributed by atoms with Crippen molar-refractivity contribution in [1.29, 1.82) is 0 Å². The van der Waals surface area contributed by atoms with Crippen molar-refractivity contribution >= 4 is 11.9 Å². The van der Waals surface area contributed by atoms with Gasteiger partial charge < -0.3 is 15.8 Å². The lowest BCUT2D eigenvalue weighted by molar-refractivity contribution is -0.130. The highest BCUT2D eigenvalue weighted by molar-refractivity contribution is 6.06. The summed E-state index contributed by atoms with van der Waals surface area (Å²) in [7, 11) is 1.56. The fraction of sp³-hybridized carbons (Fsp3) is 0.429. The molecule has 0 saturated carbocycles. The monoisotopic (exact) mass is 277 g/mol. The van der Waals surface area contributed by atoms with Crippen LogP contribution < -0.4 is 15.8 Å². The quantitative estimate of drug-likeness (QED) is 0.805. The maximum absolute atomic E-state index is 12.1. The topological polar surface area (TPSA) is 84.7 Å². The fourth-order valence-corrected chi connectivity index (χ4v) is 2.25. The Morgan fingerprint density at radius 2 is 2.00 bits per heavy atom. The van der Waals surface area contributed by atoms with Gasteiger partial charge in [-0.15, -0.1) is 0 Å². The van der Waals surface area contributed by atoms with E-state index in [1.807, 2.05) is 18.2 Å². The van der Waals surface area contributed by atoms with Crippen molar-refractivity contribution in [2.24, 2.45) is 5.73 Å². The van der Waals surface area contributed by atoms with Crippen LogP contribution in [0, 0.1) is 0 Å². The minimum atomic E-state index is -0.877. The number of para-hydroxylation sites is 1. The molecule has 108 valence electrons. The van der Waals surface area contributed by atoms with Crippen LogP contribution in [0.1, 0.15) is 25.5 Å². The minimum absolute atomic E-state index is 0.120. The van der Waals surface area contributed by atoms with Crippen molar-refractivity contribution in [2.45, 2.75) is 25.4 Å². The molecule has 6 heteroatoms. The molecule has 1 fully saturated rings. The van der Waals surface area contributed by atoms with Crippen LogP contribution in [0.2, 0.25) is 0 Å². The third-order valence-corrected chi connectivity index (χ3v) is 3.36. The number of ether oxygens (including phenoxy) is 1. The Morgan fingerprint density at radius 1 is 1.35 bits per heavy atom. The first-order valence-electron chi connectivity index (χ1n) is 6.39. The summed E-state index contributed by atoms with van der Waals surface area (Å²) >= 11 is 0. The maximum Gasteiger partial charge on any atom is 0.325 e. The molecule has 0 aliphatic carbocycles. The van der Waals surface area contributed by atoms with Gasteiger partial charge in [-0.05, 0) is 19.9 Å². The zero-order chi connectivity index (χ0) is 14.9. The number of urea groups is 1. The number of methoxy groups -OCH3 is 1. The Morgan fingerprint density at radius 3 is 2.55 bits per heavy atom. The molecule has 1 atom stereocenters. The van der Waals surface area contributed by atoms with E-state index < -0.39 is 17.6 Å². The molecule has 1 saturated heterocycles. The summed E-state index contributed by atoms with van der Waals surface area (Å²) in [5.74, 6) is 0.374. The highest BCUT2D eigenvalue weighted by Gasteiger charge is 2.44. The van der Waals surface area contributed by atoms with Gasteiger partial charge in [-0.1, -0.05) is 18.2 Å². The number of rotatable bonds is 4. The van der Waals surface area contributed by atoms with Crippen molar-refractivity contribution in [1.82, 2.24) is 10.2 Å². The highest BCUT2D eigenvalue weighted by Crippen LogP contribution is 2.26. The number of nitrogens with one attached hydrogen (secondary N) is 1. The largest absolute Gasteiger partial charge is 0.496 e. The standard InChI is InChI=1S/C14H19N3O3/c1-14(2)12(18)17(13(19)16-14)8-10(15)9-6-4-5-7-11(9)20-3/h4-7,10H,8,15H2,1-3H3,(H,16,19). The van der Waals surface area contributed by atoms with Crippen LogP contribution in [-0.2, 0) is 4.79 Å². The van der Waals surface area contributed by atoms with Crippen LogP contribution in [-0.4, -0.2) is 36.0 Å². The van der Waals surface area contributed by atoms with E-state index in [0.717, 1.165) is 10.5 Å². The van der Waals surface area contributed by atoms with Gasteiger partial charge in [0, 0.05) is 12.1 Å². The molecule has 0 spiro atoms. The van der Waals surface area contributed by atoms with Gasteiger partial charge in [-0.2, -0.15) is 0 Å². The molecule has 20 heavy (non-hydrogen) atoms. The first-order valence-corrected chi connectivity index (χ1v) is 6.39. The van der Waals surface area contributed by atoms with E-state index in [0.29, 0.717) is 5.75 Å². The average molecular weight is 277 g/mol. The SMILES string of the molecule is COc1ccccc1C(N)CN1C(=O)NC(C)(C)C1=O. The number of nitrogens with two attached hydrogens (primary N) is 1. The molecule has 6 nitrogen and oxygen atoms in total. The number of benzene rings is 1. The molecular formula is C14H19N3O3. The highest BCUT2D eigenvalue weighted by atomic mass is 16.5. The summed E-state index contributed by atoms with van der Waals surface area (Å²) in [5, 5.41) is 2.63. The second-order valence-electron chi connectivity index (χ2n) is 5.32. The van der Waals surface area contributed by atoms with Crippen LogP contribution in [0.4, 0.5) is 4.79 Å². The Balaban J connectivity index is 2.18. The predicted molar refractivity (Wildman–Crippen MR) is 74.2 cm³/mol. The predicted octanol–water partition coefficient (Wildman–Crippen LogP) is 1.03. The summed E-state index contributed by atoms with van der Waals surface area (Å²) in [6, 6.07) is 6.40. The van der Waals surface area contributed by atoms with Gasteiger partial charge >= 0.3 is 6.03 Å². The molecule has 1 aromatic rings. The lowest BCUT2D eigenvalue weighted by Crippen LogP contribution is -2.41. The number of imide groups is 1. The van der Waals surface area contributed by atoms with Crippen LogP contribution in [0.3, 0.4) is 0 Å². The van der Waals surface area contributed by atoms with Crippen molar-refractivity contribution in [3.05, 3.63) is 29.8 Å². The molecule has 1 unspecified atom stereocenters. The van der Waals surface area contributed by atoms with E-state index in [4.69, 9.17) is 10.5 Å². The van der Waals surface area contributed by atoms with Gasteiger partial charge in [0.25, 0.3) is 5.91 Å². The third-order valence-electron chi connectivity index (χ3n) is 3.36. The molecule has 0 radical (unpaired) electrons. The molecule has 0 aromatic heterocycles. The number of amides is 3. The molecule has 1 heterocycles. The molecule has 1 aromatic carbocycles. The first-order chi connectivity index (χ1) is 9.36. The number of carbonyl (C=O) groups excluding carboxylic acids is 2. The molecule has 0 bridgehead atoms. The van der Waals surface area contributed by atoms with Gasteiger partial charge in [0.05, 0.1) is 13.2 Å². The lowest BCUT2D eigenvalue weighted by Gasteiger charge is -2.21. The molecule has 3 N–H and O–H groups in total. The van der Waals surface area contributed by atoms with Crippen molar-refractivity contribution < 1.29 is 14.3 Å². The molecule has 1 aliphatic rings. The van der Waals surface area contributed by atoms with E-state index in [2.05, 4.69) is 5.32 Å². The average Bonchev–Trinajstić information content (AvgIpc) is 2.60. The molecule has 1 aliphatic heterocycles. The van der Waals surface area contributed by atoms with Gasteiger partial charge in [0.15, 0.2) is 0 Å². The maximum atomic E-state index is 12.1. The van der Waals surface area contributed by atoms with Gasteiger partial charge in [0.1, 0.15) is 11.3 Å². The van der Waals surface area contributed by atoms with Crippen LogP contribution in [0.25, 0.3) is 0 Å². The Labute approximate surface area is 117 Å². The Hall–Kier alpha value is -2.08. The molecule has 2 rings (SSSR count). The molecular weight excluding hydrogens is 258 g/mol. The summed E-state index contributed by atoms with van der Waals surface area (Å²) < 4.78 is 5.24. The van der Waals surface area contributed by atoms with Crippen molar-refractivity contribution in [2.75, 3.05) is 13.7 Å². The zero-order valence-corrected chi connectivity index (χ0v) is 11.8. The fourth-order valence-electron chi connectivity index (χ4n) is 2.25. The van der Waals surface area contributed by atoms with Gasteiger partial charge in [-0.25, -0.2) is 4.79 Å². The number of hydrogen-bond donors (Lipinski definition) is 2. The van der Waals surface area contributed by atoms with Gasteiger partial charge in [0.2, 0.25) is 0 Å².